The summed E-state index contributed by atoms with van der Waals surface area (Å²) in [6, 6.07) is 19.4. The molecular weight excluding hydrogens is 397 g/mol. The van der Waals surface area contributed by atoms with E-state index in [9.17, 15) is 4.79 Å². The van der Waals surface area contributed by atoms with Crippen molar-refractivity contribution in [3.63, 3.8) is 0 Å². The number of piperidine rings is 1. The van der Waals surface area contributed by atoms with E-state index in [0.717, 1.165) is 38.2 Å². The van der Waals surface area contributed by atoms with E-state index in [2.05, 4.69) is 35.2 Å². The Labute approximate surface area is 181 Å². The monoisotopic (exact) mass is 422 g/mol. The van der Waals surface area contributed by atoms with Crippen LogP contribution < -0.4 is 9.80 Å². The Morgan fingerprint density at radius 3 is 2.46 bits per heavy atom. The molecule has 0 N–H and O–H groups in total. The van der Waals surface area contributed by atoms with Gasteiger partial charge in [0.2, 0.25) is 5.91 Å². The summed E-state index contributed by atoms with van der Waals surface area (Å²) in [6.45, 7) is 3.10. The first-order valence-electron chi connectivity index (χ1n) is 9.43. The SMILES string of the molecule is O=C1C(Cc2ccccc2N2CCCCC2)CCN1c1cc[c-]cc1.[Y]. The van der Waals surface area contributed by atoms with Gasteiger partial charge in [-0.15, -0.1) is 12.1 Å². The molecule has 2 aliphatic heterocycles. The molecule has 2 aromatic rings. The van der Waals surface area contributed by atoms with E-state index in [1.807, 2.05) is 29.2 Å². The van der Waals surface area contributed by atoms with Crippen molar-refractivity contribution in [3.05, 3.63) is 60.2 Å². The molecule has 0 aliphatic carbocycles. The van der Waals surface area contributed by atoms with Gasteiger partial charge in [0.25, 0.3) is 0 Å². The summed E-state index contributed by atoms with van der Waals surface area (Å²) in [7, 11) is 0. The smallest absolute Gasteiger partial charge is 0.228 e. The van der Waals surface area contributed by atoms with Gasteiger partial charge >= 0.3 is 0 Å². The second-order valence-corrected chi connectivity index (χ2v) is 7.11. The Hall–Kier alpha value is -1.19. The molecule has 133 valence electrons. The first-order valence-corrected chi connectivity index (χ1v) is 9.43. The van der Waals surface area contributed by atoms with Gasteiger partial charge in [-0.2, -0.15) is 18.2 Å². The van der Waals surface area contributed by atoms with E-state index in [1.54, 1.807) is 0 Å². The molecule has 0 bridgehead atoms. The average molecular weight is 422 g/mol. The fraction of sp³-hybridized carbons (Fsp3) is 0.409. The van der Waals surface area contributed by atoms with E-state index in [1.165, 1.54) is 30.5 Å². The minimum Gasteiger partial charge on any atom is -0.371 e. The van der Waals surface area contributed by atoms with Gasteiger partial charge in [0.05, 0.1) is 0 Å². The van der Waals surface area contributed by atoms with E-state index in [4.69, 9.17) is 0 Å². The molecule has 1 radical (unpaired) electrons. The van der Waals surface area contributed by atoms with Crippen LogP contribution in [0.25, 0.3) is 0 Å². The van der Waals surface area contributed by atoms with Crippen molar-refractivity contribution >= 4 is 17.3 Å². The Bertz CT molecular complexity index is 728. The number of para-hydroxylation sites is 1. The molecule has 26 heavy (non-hydrogen) atoms. The van der Waals surface area contributed by atoms with Crippen LogP contribution in [0.4, 0.5) is 11.4 Å². The molecular formula is C22H25N2OY-. The molecule has 0 aromatic heterocycles. The van der Waals surface area contributed by atoms with Crippen LogP contribution in [0, 0.1) is 12.0 Å². The summed E-state index contributed by atoms with van der Waals surface area (Å²) >= 11 is 0. The van der Waals surface area contributed by atoms with E-state index in [0.29, 0.717) is 0 Å². The van der Waals surface area contributed by atoms with Crippen molar-refractivity contribution < 1.29 is 37.5 Å². The Morgan fingerprint density at radius 2 is 1.69 bits per heavy atom. The van der Waals surface area contributed by atoms with Gasteiger partial charge in [-0.1, -0.05) is 23.9 Å². The van der Waals surface area contributed by atoms with Gasteiger partial charge in [-0.3, -0.25) is 4.79 Å². The zero-order chi connectivity index (χ0) is 17.1. The minimum atomic E-state index is 0. The number of nitrogens with zero attached hydrogens (tertiary/aromatic N) is 2. The average Bonchev–Trinajstić information content (AvgIpc) is 3.04. The second-order valence-electron chi connectivity index (χ2n) is 7.11. The number of hydrogen-bond donors (Lipinski definition) is 0. The number of carbonyl (C=O) groups is 1. The predicted molar refractivity (Wildman–Crippen MR) is 102 cm³/mol. The predicted octanol–water partition coefficient (Wildman–Crippen LogP) is 4.07. The fourth-order valence-electron chi connectivity index (χ4n) is 4.13. The maximum absolute atomic E-state index is 12.9. The van der Waals surface area contributed by atoms with Crippen LogP contribution in [0.5, 0.6) is 0 Å². The zero-order valence-electron chi connectivity index (χ0n) is 15.2. The third-order valence-corrected chi connectivity index (χ3v) is 5.48. The molecule has 2 aliphatic rings. The molecule has 2 fully saturated rings. The number of hydrogen-bond acceptors (Lipinski definition) is 2. The first kappa shape index (κ1) is 19.6. The van der Waals surface area contributed by atoms with E-state index in [-0.39, 0.29) is 44.5 Å². The maximum atomic E-state index is 12.9. The van der Waals surface area contributed by atoms with Crippen LogP contribution in [-0.2, 0) is 43.9 Å². The summed E-state index contributed by atoms with van der Waals surface area (Å²) in [6.07, 6.45) is 5.67. The van der Waals surface area contributed by atoms with Gasteiger partial charge < -0.3 is 9.80 Å². The number of anilines is 2. The minimum absolute atomic E-state index is 0. The van der Waals surface area contributed by atoms with Crippen LogP contribution in [0.2, 0.25) is 0 Å². The third-order valence-electron chi connectivity index (χ3n) is 5.48. The molecule has 1 amide bonds. The van der Waals surface area contributed by atoms with Gasteiger partial charge in [0.1, 0.15) is 0 Å². The molecule has 3 nitrogen and oxygen atoms in total. The summed E-state index contributed by atoms with van der Waals surface area (Å²) in [5.41, 5.74) is 3.66. The van der Waals surface area contributed by atoms with Gasteiger partial charge in [0, 0.05) is 63.9 Å². The summed E-state index contributed by atoms with van der Waals surface area (Å²) < 4.78 is 0. The molecule has 4 rings (SSSR count). The van der Waals surface area contributed by atoms with Crippen LogP contribution >= 0.6 is 0 Å². The number of carbonyl (C=O) groups excluding carboxylic acids is 1. The van der Waals surface area contributed by atoms with E-state index < -0.39 is 0 Å². The largest absolute Gasteiger partial charge is 0.371 e. The summed E-state index contributed by atoms with van der Waals surface area (Å²) in [4.78, 5) is 17.3. The Kier molecular flexibility index (Phi) is 6.88. The third kappa shape index (κ3) is 4.20. The van der Waals surface area contributed by atoms with Crippen molar-refractivity contribution in [1.29, 1.82) is 0 Å². The molecule has 1 atom stereocenters. The first-order chi connectivity index (χ1) is 12.3. The van der Waals surface area contributed by atoms with Crippen LogP contribution in [0.1, 0.15) is 31.2 Å². The topological polar surface area (TPSA) is 23.6 Å². The number of rotatable bonds is 4. The van der Waals surface area contributed by atoms with Crippen molar-refractivity contribution in [2.75, 3.05) is 29.4 Å². The van der Waals surface area contributed by atoms with Gasteiger partial charge in [-0.25, -0.2) is 0 Å². The standard InChI is InChI=1S/C22H25N2O.Y/c25-22-19(13-16-24(22)20-10-3-1-4-11-20)17-18-9-5-6-12-21(18)23-14-7-2-8-15-23;/h3-6,9-12,19H,2,7-8,13-17H2;/q-1;. The Morgan fingerprint density at radius 1 is 0.962 bits per heavy atom. The summed E-state index contributed by atoms with van der Waals surface area (Å²) in [5.74, 6) is 0.356. The Balaban J connectivity index is 0.00000196. The summed E-state index contributed by atoms with van der Waals surface area (Å²) in [5, 5.41) is 0. The van der Waals surface area contributed by atoms with Gasteiger partial charge in [-0.05, 0) is 43.7 Å². The van der Waals surface area contributed by atoms with Crippen LogP contribution in [0.15, 0.2) is 48.5 Å². The normalized spacial score (nSPS) is 20.2. The molecule has 2 saturated heterocycles. The number of benzene rings is 2. The molecule has 1 unspecified atom stereocenters. The van der Waals surface area contributed by atoms with Crippen LogP contribution in [0.3, 0.4) is 0 Å². The van der Waals surface area contributed by atoms with Crippen LogP contribution in [-0.4, -0.2) is 25.5 Å². The van der Waals surface area contributed by atoms with Crippen molar-refractivity contribution in [1.82, 2.24) is 0 Å². The molecule has 0 saturated carbocycles. The van der Waals surface area contributed by atoms with Crippen molar-refractivity contribution in [2.45, 2.75) is 32.1 Å². The van der Waals surface area contributed by atoms with Gasteiger partial charge in [0.15, 0.2) is 0 Å². The maximum Gasteiger partial charge on any atom is 0.228 e. The number of amides is 1. The second kappa shape index (κ2) is 9.15. The molecule has 2 aromatic carbocycles. The van der Waals surface area contributed by atoms with Crippen molar-refractivity contribution in [3.8, 4) is 0 Å². The molecule has 0 spiro atoms. The zero-order valence-corrected chi connectivity index (χ0v) is 18.1. The van der Waals surface area contributed by atoms with Crippen molar-refractivity contribution in [2.24, 2.45) is 5.92 Å². The quantitative estimate of drug-likeness (QED) is 0.694. The molecule has 2 heterocycles. The fourth-order valence-corrected chi connectivity index (χ4v) is 4.13. The molecule has 4 heteroatoms. The van der Waals surface area contributed by atoms with E-state index >= 15 is 0 Å².